The van der Waals surface area contributed by atoms with Crippen molar-refractivity contribution < 1.29 is 4.39 Å². The van der Waals surface area contributed by atoms with Gasteiger partial charge < -0.3 is 4.90 Å². The van der Waals surface area contributed by atoms with E-state index in [2.05, 4.69) is 4.99 Å². The molecule has 126 valence electrons. The third kappa shape index (κ3) is 3.23. The van der Waals surface area contributed by atoms with Gasteiger partial charge in [-0.15, -0.1) is 0 Å². The Morgan fingerprint density at radius 2 is 2.00 bits per heavy atom. The van der Waals surface area contributed by atoms with Crippen LogP contribution in [0, 0.1) is 5.82 Å². The average molecular weight is 374 g/mol. The summed E-state index contributed by atoms with van der Waals surface area (Å²) in [5, 5.41) is 0.627. The molecule has 0 radical (unpaired) electrons. The molecule has 3 aromatic rings. The number of thiazole rings is 1. The Bertz CT molecular complexity index is 1100. The summed E-state index contributed by atoms with van der Waals surface area (Å²) in [6.07, 6.45) is 1.82. The Labute approximate surface area is 151 Å². The van der Waals surface area contributed by atoms with E-state index in [-0.39, 0.29) is 11.4 Å². The second-order valence-corrected chi connectivity index (χ2v) is 7.08. The van der Waals surface area contributed by atoms with Crippen LogP contribution in [0.4, 0.5) is 10.1 Å². The van der Waals surface area contributed by atoms with Gasteiger partial charge in [0.15, 0.2) is 4.80 Å². The molecule has 7 heteroatoms. The van der Waals surface area contributed by atoms with Crippen molar-refractivity contribution in [2.24, 2.45) is 4.99 Å². The fourth-order valence-electron chi connectivity index (χ4n) is 2.67. The molecular weight excluding hydrogens is 361 g/mol. The van der Waals surface area contributed by atoms with Crippen molar-refractivity contribution >= 4 is 34.7 Å². The quantitative estimate of drug-likeness (QED) is 0.692. The first kappa shape index (κ1) is 16.1. The minimum absolute atomic E-state index is 0.0875. The molecular formula is C18H13ClFN3OS. The van der Waals surface area contributed by atoms with E-state index in [1.165, 1.54) is 23.5 Å². The van der Waals surface area contributed by atoms with Gasteiger partial charge in [-0.3, -0.25) is 9.36 Å². The van der Waals surface area contributed by atoms with Gasteiger partial charge in [-0.05, 0) is 48.0 Å². The maximum Gasteiger partial charge on any atom is 0.271 e. The second kappa shape index (κ2) is 6.46. The summed E-state index contributed by atoms with van der Waals surface area (Å²) in [7, 11) is 0. The fraction of sp³-hybridized carbons (Fsp3) is 0.111. The number of benzene rings is 2. The molecule has 25 heavy (non-hydrogen) atoms. The molecule has 0 N–H and O–H groups in total. The lowest BCUT2D eigenvalue weighted by Crippen LogP contribution is -2.42. The van der Waals surface area contributed by atoms with E-state index in [9.17, 15) is 9.18 Å². The summed E-state index contributed by atoms with van der Waals surface area (Å²) < 4.78 is 15.3. The number of nitrogens with zero attached hydrogens (tertiary/aromatic N) is 3. The third-order valence-electron chi connectivity index (χ3n) is 3.92. The van der Waals surface area contributed by atoms with Crippen molar-refractivity contribution in [3.63, 3.8) is 0 Å². The van der Waals surface area contributed by atoms with E-state index in [0.29, 0.717) is 27.7 Å². The molecule has 0 bridgehead atoms. The fourth-order valence-corrected chi connectivity index (χ4v) is 3.84. The van der Waals surface area contributed by atoms with Crippen LogP contribution in [0.15, 0.2) is 58.3 Å². The highest BCUT2D eigenvalue weighted by Gasteiger charge is 2.15. The summed E-state index contributed by atoms with van der Waals surface area (Å²) in [4.78, 5) is 19.8. The van der Waals surface area contributed by atoms with Gasteiger partial charge in [-0.25, -0.2) is 9.38 Å². The molecule has 1 aromatic heterocycles. The topological polar surface area (TPSA) is 37.6 Å². The predicted molar refractivity (Wildman–Crippen MR) is 98.1 cm³/mol. The van der Waals surface area contributed by atoms with Gasteiger partial charge in [0.2, 0.25) is 0 Å². The van der Waals surface area contributed by atoms with Gasteiger partial charge >= 0.3 is 0 Å². The number of fused-ring (bicyclic) bond motifs is 1. The van der Waals surface area contributed by atoms with Crippen LogP contribution in [0.25, 0.3) is 6.08 Å². The minimum atomic E-state index is -0.288. The smallest absolute Gasteiger partial charge is 0.271 e. The van der Waals surface area contributed by atoms with Crippen LogP contribution in [0.3, 0.4) is 0 Å². The van der Waals surface area contributed by atoms with Crippen molar-refractivity contribution in [1.29, 1.82) is 0 Å². The molecule has 4 nitrogen and oxygen atoms in total. The Hall–Kier alpha value is -2.44. The van der Waals surface area contributed by atoms with E-state index in [0.717, 1.165) is 11.3 Å². The van der Waals surface area contributed by atoms with Gasteiger partial charge in [0.1, 0.15) is 19.2 Å². The molecule has 0 saturated heterocycles. The zero-order chi connectivity index (χ0) is 17.4. The standard InChI is InChI=1S/C18H13ClFN3OS/c19-13-3-1-2-12(8-13)9-16-17(24)23-11-22(10-21-18(23)25-16)15-6-4-14(20)5-7-15/h1-9H,10-11H2/b16-9+. The van der Waals surface area contributed by atoms with Crippen LogP contribution >= 0.6 is 22.9 Å². The van der Waals surface area contributed by atoms with Crippen LogP contribution in [-0.4, -0.2) is 11.2 Å². The molecule has 0 unspecified atom stereocenters. The van der Waals surface area contributed by atoms with Gasteiger partial charge in [0.05, 0.1) is 4.53 Å². The molecule has 0 saturated carbocycles. The summed E-state index contributed by atoms with van der Waals surface area (Å²) in [6, 6.07) is 13.5. The highest BCUT2D eigenvalue weighted by molar-refractivity contribution is 7.07. The van der Waals surface area contributed by atoms with Gasteiger partial charge in [-0.1, -0.05) is 35.1 Å². The molecule has 4 rings (SSSR count). The first-order chi connectivity index (χ1) is 12.1. The molecule has 2 aromatic carbocycles. The molecule has 2 heterocycles. The first-order valence-corrected chi connectivity index (χ1v) is 8.81. The van der Waals surface area contributed by atoms with Crippen molar-refractivity contribution in [2.45, 2.75) is 6.67 Å². The first-order valence-electron chi connectivity index (χ1n) is 7.62. The lowest BCUT2D eigenvalue weighted by atomic mass is 10.2. The summed E-state index contributed by atoms with van der Waals surface area (Å²) in [5.74, 6) is -0.288. The maximum absolute atomic E-state index is 13.1. The number of halogens is 2. The highest BCUT2D eigenvalue weighted by atomic mass is 35.5. The van der Waals surface area contributed by atoms with Crippen molar-refractivity contribution in [1.82, 2.24) is 4.57 Å². The summed E-state index contributed by atoms with van der Waals surface area (Å²) >= 11 is 7.36. The van der Waals surface area contributed by atoms with E-state index < -0.39 is 0 Å². The van der Waals surface area contributed by atoms with Crippen LogP contribution in [0.1, 0.15) is 5.56 Å². The Balaban J connectivity index is 1.71. The van der Waals surface area contributed by atoms with E-state index in [1.54, 1.807) is 22.8 Å². The van der Waals surface area contributed by atoms with Crippen molar-refractivity contribution in [3.8, 4) is 0 Å². The Morgan fingerprint density at radius 3 is 2.76 bits per heavy atom. The van der Waals surface area contributed by atoms with Crippen molar-refractivity contribution in [2.75, 3.05) is 11.6 Å². The number of rotatable bonds is 2. The summed E-state index contributed by atoms with van der Waals surface area (Å²) in [5.41, 5.74) is 1.61. The molecule has 0 amide bonds. The zero-order valence-corrected chi connectivity index (χ0v) is 14.6. The zero-order valence-electron chi connectivity index (χ0n) is 13.0. The van der Waals surface area contributed by atoms with Crippen LogP contribution < -0.4 is 19.8 Å². The molecule has 1 aliphatic heterocycles. The number of anilines is 1. The normalized spacial score (nSPS) is 14.3. The van der Waals surface area contributed by atoms with Gasteiger partial charge in [-0.2, -0.15) is 0 Å². The number of aromatic nitrogens is 1. The van der Waals surface area contributed by atoms with E-state index in [4.69, 9.17) is 11.6 Å². The molecule has 1 aliphatic rings. The van der Waals surface area contributed by atoms with E-state index in [1.807, 2.05) is 29.2 Å². The van der Waals surface area contributed by atoms with Crippen LogP contribution in [-0.2, 0) is 6.67 Å². The monoisotopic (exact) mass is 373 g/mol. The predicted octanol–water partition coefficient (Wildman–Crippen LogP) is 2.59. The Kier molecular flexibility index (Phi) is 4.15. The number of hydrogen-bond donors (Lipinski definition) is 0. The van der Waals surface area contributed by atoms with Crippen LogP contribution in [0.5, 0.6) is 0 Å². The molecule has 0 atom stereocenters. The summed E-state index contributed by atoms with van der Waals surface area (Å²) in [6.45, 7) is 0.825. The number of hydrogen-bond acceptors (Lipinski definition) is 4. The second-order valence-electron chi connectivity index (χ2n) is 5.64. The molecule has 0 fully saturated rings. The lowest BCUT2D eigenvalue weighted by Gasteiger charge is -2.25. The third-order valence-corrected chi connectivity index (χ3v) is 5.19. The highest BCUT2D eigenvalue weighted by Crippen LogP contribution is 2.16. The van der Waals surface area contributed by atoms with Crippen molar-refractivity contribution in [3.05, 3.63) is 84.6 Å². The molecule has 0 aliphatic carbocycles. The minimum Gasteiger partial charge on any atom is -0.334 e. The lowest BCUT2D eigenvalue weighted by molar-refractivity contribution is 0.568. The van der Waals surface area contributed by atoms with Crippen LogP contribution in [0.2, 0.25) is 5.02 Å². The largest absolute Gasteiger partial charge is 0.334 e. The maximum atomic E-state index is 13.1. The van der Waals surface area contributed by atoms with Gasteiger partial charge in [0, 0.05) is 10.7 Å². The van der Waals surface area contributed by atoms with Gasteiger partial charge in [0.25, 0.3) is 5.56 Å². The molecule has 0 spiro atoms. The Morgan fingerprint density at radius 1 is 1.20 bits per heavy atom. The SMILES string of the molecule is O=c1/c(=C\c2cccc(Cl)c2)sc2n1CN(c1ccc(F)cc1)CN=2. The van der Waals surface area contributed by atoms with E-state index >= 15 is 0 Å². The average Bonchev–Trinajstić information content (AvgIpc) is 2.91.